The third-order valence-electron chi connectivity index (χ3n) is 7.34. The van der Waals surface area contributed by atoms with Crippen molar-refractivity contribution in [3.8, 4) is 5.75 Å². The molecule has 0 aliphatic carbocycles. The van der Waals surface area contributed by atoms with Crippen molar-refractivity contribution in [2.45, 2.75) is 70.4 Å². The lowest BCUT2D eigenvalue weighted by Crippen LogP contribution is -2.48. The molecule has 3 aromatic rings. The van der Waals surface area contributed by atoms with Gasteiger partial charge < -0.3 is 24.2 Å². The lowest BCUT2D eigenvalue weighted by molar-refractivity contribution is -0.155. The monoisotopic (exact) mass is 570 g/mol. The van der Waals surface area contributed by atoms with Crippen molar-refractivity contribution in [1.29, 1.82) is 0 Å². The number of ether oxygens (including phenoxy) is 3. The van der Waals surface area contributed by atoms with Crippen molar-refractivity contribution in [2.24, 2.45) is 4.99 Å². The number of benzene rings is 3. The van der Waals surface area contributed by atoms with Gasteiger partial charge in [0.15, 0.2) is 11.6 Å². The first-order chi connectivity index (χ1) is 20.2. The van der Waals surface area contributed by atoms with Crippen molar-refractivity contribution in [2.75, 3.05) is 13.2 Å². The fourth-order valence-electron chi connectivity index (χ4n) is 5.43. The van der Waals surface area contributed by atoms with Gasteiger partial charge >= 0.3 is 5.97 Å². The number of hydrogen-bond donors (Lipinski definition) is 1. The Morgan fingerprint density at radius 1 is 1.05 bits per heavy atom. The summed E-state index contributed by atoms with van der Waals surface area (Å²) in [7, 11) is 0. The molecule has 0 spiro atoms. The summed E-state index contributed by atoms with van der Waals surface area (Å²) in [5.41, 5.74) is 1.57. The van der Waals surface area contributed by atoms with E-state index >= 15 is 0 Å². The summed E-state index contributed by atoms with van der Waals surface area (Å²) < 4.78 is 17.9. The molecule has 0 saturated carbocycles. The van der Waals surface area contributed by atoms with E-state index in [0.717, 1.165) is 16.7 Å². The molecule has 3 aromatic carbocycles. The van der Waals surface area contributed by atoms with Crippen molar-refractivity contribution >= 4 is 17.8 Å². The average molecular weight is 571 g/mol. The maximum atomic E-state index is 14.6. The Labute approximate surface area is 246 Å². The molecule has 42 heavy (non-hydrogen) atoms. The Morgan fingerprint density at radius 3 is 2.48 bits per heavy atom. The molecular weight excluding hydrogens is 532 g/mol. The molecule has 220 valence electrons. The van der Waals surface area contributed by atoms with Crippen LogP contribution in [0.1, 0.15) is 68.4 Å². The van der Waals surface area contributed by atoms with Gasteiger partial charge in [-0.1, -0.05) is 54.6 Å². The van der Waals surface area contributed by atoms with Gasteiger partial charge in [-0.25, -0.2) is 4.99 Å². The van der Waals surface area contributed by atoms with E-state index in [-0.39, 0.29) is 31.3 Å². The average Bonchev–Trinajstić information content (AvgIpc) is 3.33. The third-order valence-corrected chi connectivity index (χ3v) is 7.34. The van der Waals surface area contributed by atoms with Crippen LogP contribution in [0.4, 0.5) is 0 Å². The van der Waals surface area contributed by atoms with Crippen LogP contribution >= 0.6 is 0 Å². The van der Waals surface area contributed by atoms with Crippen molar-refractivity contribution in [3.63, 3.8) is 0 Å². The van der Waals surface area contributed by atoms with E-state index in [1.54, 1.807) is 0 Å². The predicted octanol–water partition coefficient (Wildman–Crippen LogP) is 5.37. The minimum absolute atomic E-state index is 0.0125. The third kappa shape index (κ3) is 6.49. The van der Waals surface area contributed by atoms with Crippen LogP contribution in [0.2, 0.25) is 0 Å². The van der Waals surface area contributed by atoms with Crippen LogP contribution in [0.3, 0.4) is 0 Å². The molecule has 2 atom stereocenters. The molecule has 0 radical (unpaired) electrons. The highest BCUT2D eigenvalue weighted by Gasteiger charge is 2.56. The molecule has 0 unspecified atom stereocenters. The SMILES string of the molecule is CC(C)(C)OC(=O)CC[C@@]12N=C(c3ccc(OCCCO)cc3)O[C@@H]1c1ccccc1CN(Cc1ccccc1)C2=O. The fourth-order valence-corrected chi connectivity index (χ4v) is 5.43. The maximum Gasteiger partial charge on any atom is 0.306 e. The Balaban J connectivity index is 1.54. The summed E-state index contributed by atoms with van der Waals surface area (Å²) >= 11 is 0. The van der Waals surface area contributed by atoms with Crippen molar-refractivity contribution in [1.82, 2.24) is 4.90 Å². The molecule has 8 nitrogen and oxygen atoms in total. The van der Waals surface area contributed by atoms with Crippen molar-refractivity contribution < 1.29 is 28.9 Å². The first-order valence-electron chi connectivity index (χ1n) is 14.4. The van der Waals surface area contributed by atoms with E-state index < -0.39 is 17.2 Å². The van der Waals surface area contributed by atoms with Crippen LogP contribution in [0.25, 0.3) is 0 Å². The molecule has 2 aliphatic heterocycles. The molecule has 0 fully saturated rings. The molecular formula is C34H38N2O6. The number of carbonyl (C=O) groups excluding carboxylic acids is 2. The molecule has 2 heterocycles. The summed E-state index contributed by atoms with van der Waals surface area (Å²) in [5, 5.41) is 9.03. The van der Waals surface area contributed by atoms with Gasteiger partial charge in [0.2, 0.25) is 5.90 Å². The second-order valence-electron chi connectivity index (χ2n) is 11.7. The quantitative estimate of drug-likeness (QED) is 0.260. The second-order valence-corrected chi connectivity index (χ2v) is 11.7. The number of aliphatic hydroxyl groups excluding tert-OH is 1. The van der Waals surface area contributed by atoms with E-state index in [4.69, 9.17) is 24.3 Å². The van der Waals surface area contributed by atoms with Gasteiger partial charge in [-0.2, -0.15) is 0 Å². The van der Waals surface area contributed by atoms with Crippen LogP contribution < -0.4 is 4.74 Å². The largest absolute Gasteiger partial charge is 0.494 e. The summed E-state index contributed by atoms with van der Waals surface area (Å²) in [6.45, 7) is 6.76. The topological polar surface area (TPSA) is 97.7 Å². The van der Waals surface area contributed by atoms with E-state index in [0.29, 0.717) is 43.3 Å². The van der Waals surface area contributed by atoms with Gasteiger partial charge in [-0.15, -0.1) is 0 Å². The number of aliphatic hydroxyl groups is 1. The normalized spacial score (nSPS) is 19.7. The van der Waals surface area contributed by atoms with Gasteiger partial charge in [0.25, 0.3) is 5.91 Å². The number of esters is 1. The van der Waals surface area contributed by atoms with Crippen LogP contribution in [0.15, 0.2) is 83.9 Å². The van der Waals surface area contributed by atoms with Gasteiger partial charge in [-0.05, 0) is 62.6 Å². The summed E-state index contributed by atoms with van der Waals surface area (Å²) in [6, 6.07) is 25.1. The first-order valence-corrected chi connectivity index (χ1v) is 14.4. The number of amides is 1. The Kier molecular flexibility index (Phi) is 8.64. The summed E-state index contributed by atoms with van der Waals surface area (Å²) in [4.78, 5) is 34.4. The van der Waals surface area contributed by atoms with Gasteiger partial charge in [0, 0.05) is 43.7 Å². The molecule has 1 N–H and O–H groups in total. The van der Waals surface area contributed by atoms with E-state index in [1.807, 2.05) is 105 Å². The molecule has 0 bridgehead atoms. The van der Waals surface area contributed by atoms with E-state index in [1.165, 1.54) is 0 Å². The highest BCUT2D eigenvalue weighted by atomic mass is 16.6. The number of rotatable bonds is 10. The highest BCUT2D eigenvalue weighted by molar-refractivity contribution is 6.01. The Morgan fingerprint density at radius 2 is 1.76 bits per heavy atom. The molecule has 2 aliphatic rings. The first kappa shape index (κ1) is 29.3. The zero-order valence-corrected chi connectivity index (χ0v) is 24.4. The number of hydrogen-bond acceptors (Lipinski definition) is 7. The van der Waals surface area contributed by atoms with Crippen LogP contribution in [-0.2, 0) is 32.2 Å². The van der Waals surface area contributed by atoms with Crippen molar-refractivity contribution in [3.05, 3.63) is 101 Å². The van der Waals surface area contributed by atoms with Gasteiger partial charge in [0.1, 0.15) is 11.4 Å². The number of fused-ring (bicyclic) bond motifs is 3. The molecule has 5 rings (SSSR count). The lowest BCUT2D eigenvalue weighted by atomic mass is 9.83. The number of carbonyl (C=O) groups is 2. The summed E-state index contributed by atoms with van der Waals surface area (Å²) in [6.07, 6.45) is -0.0180. The Bertz CT molecular complexity index is 1430. The number of nitrogens with zero attached hydrogens (tertiary/aromatic N) is 2. The second kappa shape index (κ2) is 12.4. The molecule has 1 amide bonds. The maximum absolute atomic E-state index is 14.6. The van der Waals surface area contributed by atoms with Crippen LogP contribution in [0.5, 0.6) is 5.75 Å². The van der Waals surface area contributed by atoms with Gasteiger partial charge in [0.05, 0.1) is 6.61 Å². The molecule has 0 saturated heterocycles. The Hall–Kier alpha value is -4.17. The lowest BCUT2D eigenvalue weighted by Gasteiger charge is -2.32. The predicted molar refractivity (Wildman–Crippen MR) is 159 cm³/mol. The van der Waals surface area contributed by atoms with Crippen LogP contribution in [0, 0.1) is 0 Å². The summed E-state index contributed by atoms with van der Waals surface area (Å²) in [5.74, 6) is 0.435. The standard InChI is InChI=1S/C34H38N2O6/c1-33(2,3)42-29(38)18-19-34-30(41-31(35-34)25-14-16-27(17-15-25)40-21-9-20-37)28-13-8-7-12-26(28)23-36(32(34)39)22-24-10-5-4-6-11-24/h4-8,10-17,30,37H,9,18-23H2,1-3H3/t30-,34-/m1/s1. The zero-order chi connectivity index (χ0) is 29.7. The smallest absolute Gasteiger partial charge is 0.306 e. The van der Waals surface area contributed by atoms with Crippen LogP contribution in [-0.4, -0.2) is 52.1 Å². The minimum atomic E-state index is -1.36. The zero-order valence-electron chi connectivity index (χ0n) is 24.4. The molecule has 0 aromatic heterocycles. The number of aliphatic imine (C=N–C) groups is 1. The molecule has 8 heteroatoms. The highest BCUT2D eigenvalue weighted by Crippen LogP contribution is 2.47. The minimum Gasteiger partial charge on any atom is -0.494 e. The van der Waals surface area contributed by atoms with Gasteiger partial charge in [-0.3, -0.25) is 9.59 Å². The van der Waals surface area contributed by atoms with E-state index in [2.05, 4.69) is 0 Å². The fraction of sp³-hybridized carbons (Fsp3) is 0.382. The van der Waals surface area contributed by atoms with E-state index in [9.17, 15) is 9.59 Å².